The van der Waals surface area contributed by atoms with E-state index in [-0.39, 0.29) is 0 Å². The smallest absolute Gasteiger partial charge is 0.00750 e. The van der Waals surface area contributed by atoms with Crippen LogP contribution >= 0.6 is 0 Å². The maximum Gasteiger partial charge on any atom is 0.00750 e. The second-order valence-corrected chi connectivity index (χ2v) is 2.47. The topological polar surface area (TPSA) is 35.9 Å². The van der Waals surface area contributed by atoms with Crippen LogP contribution in [0.1, 0.15) is 13.3 Å². The van der Waals surface area contributed by atoms with Gasteiger partial charge in [-0.2, -0.15) is 0 Å². The fourth-order valence-corrected chi connectivity index (χ4v) is 1.10. The molecule has 0 spiro atoms. The lowest BCUT2D eigenvalue weighted by molar-refractivity contribution is 0.659. The summed E-state index contributed by atoms with van der Waals surface area (Å²) < 4.78 is 0. The van der Waals surface area contributed by atoms with E-state index in [2.05, 4.69) is 12.2 Å². The molecule has 0 aromatic carbocycles. The Kier molecular flexibility index (Phi) is 1.63. The van der Waals surface area contributed by atoms with E-state index in [1.807, 2.05) is 0 Å². The third-order valence-electron chi connectivity index (χ3n) is 1.62. The van der Waals surface area contributed by atoms with Gasteiger partial charge in [0, 0.05) is 18.5 Å². The normalized spacial score (nSPS) is 37.6. The SMILES string of the molecule is CC1CC(C=N)CN1. The van der Waals surface area contributed by atoms with Gasteiger partial charge >= 0.3 is 0 Å². The molecule has 0 aromatic rings. The minimum atomic E-state index is 0.505. The van der Waals surface area contributed by atoms with E-state index in [0.29, 0.717) is 12.0 Å². The molecule has 8 heavy (non-hydrogen) atoms. The van der Waals surface area contributed by atoms with Crippen molar-refractivity contribution in [3.63, 3.8) is 0 Å². The van der Waals surface area contributed by atoms with Gasteiger partial charge in [0.15, 0.2) is 0 Å². The molecule has 1 aliphatic rings. The summed E-state index contributed by atoms with van der Waals surface area (Å²) in [7, 11) is 0. The van der Waals surface area contributed by atoms with Crippen LogP contribution in [-0.4, -0.2) is 18.8 Å². The standard InChI is InChI=1S/C6H12N2/c1-5-2-6(3-7)4-8-5/h3,5-8H,2,4H2,1H3. The Balaban J connectivity index is 2.32. The van der Waals surface area contributed by atoms with Crippen LogP contribution in [0.15, 0.2) is 0 Å². The zero-order valence-corrected chi connectivity index (χ0v) is 5.15. The van der Waals surface area contributed by atoms with Gasteiger partial charge in [-0.15, -0.1) is 0 Å². The van der Waals surface area contributed by atoms with Gasteiger partial charge in [0.2, 0.25) is 0 Å². The third-order valence-corrected chi connectivity index (χ3v) is 1.62. The summed E-state index contributed by atoms with van der Waals surface area (Å²) in [5.74, 6) is 0.505. The molecular weight excluding hydrogens is 100 g/mol. The summed E-state index contributed by atoms with van der Waals surface area (Å²) in [5.41, 5.74) is 0. The molecule has 0 amide bonds. The van der Waals surface area contributed by atoms with Gasteiger partial charge in [0.05, 0.1) is 0 Å². The molecule has 0 saturated carbocycles. The van der Waals surface area contributed by atoms with Crippen molar-refractivity contribution in [2.75, 3.05) is 6.54 Å². The summed E-state index contributed by atoms with van der Waals surface area (Å²) in [6.07, 6.45) is 2.68. The first-order valence-corrected chi connectivity index (χ1v) is 3.07. The van der Waals surface area contributed by atoms with Crippen LogP contribution in [0.25, 0.3) is 0 Å². The first-order chi connectivity index (χ1) is 3.83. The summed E-state index contributed by atoms with van der Waals surface area (Å²) >= 11 is 0. The van der Waals surface area contributed by atoms with Crippen LogP contribution < -0.4 is 5.32 Å². The third kappa shape index (κ3) is 1.07. The molecule has 2 heteroatoms. The maximum atomic E-state index is 6.92. The van der Waals surface area contributed by atoms with Crippen molar-refractivity contribution in [2.24, 2.45) is 5.92 Å². The van der Waals surface area contributed by atoms with Crippen molar-refractivity contribution in [3.8, 4) is 0 Å². The van der Waals surface area contributed by atoms with Gasteiger partial charge in [0.25, 0.3) is 0 Å². The largest absolute Gasteiger partial charge is 0.314 e. The molecule has 0 aromatic heterocycles. The van der Waals surface area contributed by atoms with Gasteiger partial charge < -0.3 is 10.7 Å². The average molecular weight is 112 g/mol. The fraction of sp³-hybridized carbons (Fsp3) is 0.833. The van der Waals surface area contributed by atoms with E-state index in [4.69, 9.17) is 5.41 Å². The molecule has 1 saturated heterocycles. The van der Waals surface area contributed by atoms with Crippen LogP contribution in [0.4, 0.5) is 0 Å². The van der Waals surface area contributed by atoms with Crippen molar-refractivity contribution >= 4 is 6.21 Å². The summed E-state index contributed by atoms with van der Waals surface area (Å²) in [5, 5.41) is 10.2. The fourth-order valence-electron chi connectivity index (χ4n) is 1.10. The molecule has 2 atom stereocenters. The second kappa shape index (κ2) is 2.27. The molecule has 0 aliphatic carbocycles. The molecule has 1 aliphatic heterocycles. The van der Waals surface area contributed by atoms with Gasteiger partial charge in [-0.3, -0.25) is 0 Å². The zero-order chi connectivity index (χ0) is 5.98. The van der Waals surface area contributed by atoms with Crippen molar-refractivity contribution in [1.82, 2.24) is 5.32 Å². The molecule has 2 N–H and O–H groups in total. The van der Waals surface area contributed by atoms with Crippen LogP contribution in [0.2, 0.25) is 0 Å². The van der Waals surface area contributed by atoms with Gasteiger partial charge in [0.1, 0.15) is 0 Å². The predicted octanol–water partition coefficient (Wildman–Crippen LogP) is 0.634. The molecule has 2 nitrogen and oxygen atoms in total. The van der Waals surface area contributed by atoms with E-state index in [9.17, 15) is 0 Å². The second-order valence-electron chi connectivity index (χ2n) is 2.47. The van der Waals surface area contributed by atoms with E-state index in [0.717, 1.165) is 13.0 Å². The lowest BCUT2D eigenvalue weighted by atomic mass is 10.1. The molecule has 0 bridgehead atoms. The number of nitrogens with one attached hydrogen (secondary N) is 2. The minimum absolute atomic E-state index is 0.505. The Bertz CT molecular complexity index is 90.5. The Morgan fingerprint density at radius 2 is 2.50 bits per heavy atom. The first-order valence-electron chi connectivity index (χ1n) is 3.07. The highest BCUT2D eigenvalue weighted by molar-refractivity contribution is 5.57. The maximum absolute atomic E-state index is 6.92. The van der Waals surface area contributed by atoms with E-state index in [1.54, 1.807) is 0 Å². The van der Waals surface area contributed by atoms with Crippen molar-refractivity contribution in [2.45, 2.75) is 19.4 Å². The van der Waals surface area contributed by atoms with Crippen LogP contribution in [0.3, 0.4) is 0 Å². The Morgan fingerprint density at radius 1 is 1.75 bits per heavy atom. The highest BCUT2D eigenvalue weighted by Crippen LogP contribution is 2.09. The van der Waals surface area contributed by atoms with Gasteiger partial charge in [-0.05, 0) is 19.6 Å². The number of hydrogen-bond acceptors (Lipinski definition) is 2. The van der Waals surface area contributed by atoms with Crippen molar-refractivity contribution < 1.29 is 0 Å². The molecule has 0 radical (unpaired) electrons. The summed E-state index contributed by atoms with van der Waals surface area (Å²) in [4.78, 5) is 0. The number of rotatable bonds is 1. The molecule has 1 rings (SSSR count). The molecule has 1 fully saturated rings. The molecular formula is C6H12N2. The van der Waals surface area contributed by atoms with Crippen molar-refractivity contribution in [3.05, 3.63) is 0 Å². The van der Waals surface area contributed by atoms with Crippen molar-refractivity contribution in [1.29, 1.82) is 5.41 Å². The predicted molar refractivity (Wildman–Crippen MR) is 34.4 cm³/mol. The minimum Gasteiger partial charge on any atom is -0.314 e. The van der Waals surface area contributed by atoms with Crippen LogP contribution in [0, 0.1) is 11.3 Å². The zero-order valence-electron chi connectivity index (χ0n) is 5.15. The molecule has 2 unspecified atom stereocenters. The van der Waals surface area contributed by atoms with E-state index in [1.165, 1.54) is 6.21 Å². The Hall–Kier alpha value is -0.370. The quantitative estimate of drug-likeness (QED) is 0.480. The Labute approximate surface area is 49.8 Å². The Morgan fingerprint density at radius 3 is 2.75 bits per heavy atom. The lowest BCUT2D eigenvalue weighted by Gasteiger charge is -1.96. The molecule has 1 heterocycles. The monoisotopic (exact) mass is 112 g/mol. The van der Waals surface area contributed by atoms with Gasteiger partial charge in [-0.25, -0.2) is 0 Å². The van der Waals surface area contributed by atoms with E-state index >= 15 is 0 Å². The highest BCUT2D eigenvalue weighted by atomic mass is 14.9. The number of hydrogen-bond donors (Lipinski definition) is 2. The molecule has 46 valence electrons. The van der Waals surface area contributed by atoms with Crippen LogP contribution in [-0.2, 0) is 0 Å². The van der Waals surface area contributed by atoms with Gasteiger partial charge in [-0.1, -0.05) is 0 Å². The summed E-state index contributed by atoms with van der Waals surface area (Å²) in [6, 6.07) is 0.626. The first kappa shape index (κ1) is 5.76. The highest BCUT2D eigenvalue weighted by Gasteiger charge is 2.17. The summed E-state index contributed by atoms with van der Waals surface area (Å²) in [6.45, 7) is 3.16. The lowest BCUT2D eigenvalue weighted by Crippen LogP contribution is -2.16. The van der Waals surface area contributed by atoms with E-state index < -0.39 is 0 Å². The van der Waals surface area contributed by atoms with Crippen LogP contribution in [0.5, 0.6) is 0 Å². The average Bonchev–Trinajstić information content (AvgIpc) is 2.14.